The first-order valence-corrected chi connectivity index (χ1v) is 4.34. The molecule has 0 heterocycles. The number of carbonyl (C=O) groups is 1. The van der Waals surface area contributed by atoms with Gasteiger partial charge in [0.05, 0.1) is 6.61 Å². The largest absolute Gasteiger partial charge is 0.465 e. The lowest BCUT2D eigenvalue weighted by atomic mass is 10.1. The Labute approximate surface area is 85.4 Å². The van der Waals surface area contributed by atoms with E-state index in [-0.39, 0.29) is 18.4 Å². The van der Waals surface area contributed by atoms with Crippen molar-refractivity contribution in [3.05, 3.63) is 0 Å². The van der Waals surface area contributed by atoms with Gasteiger partial charge in [-0.25, -0.2) is 0 Å². The lowest BCUT2D eigenvalue weighted by Gasteiger charge is -2.09. The topological polar surface area (TPSA) is 78.3 Å². The second-order valence-corrected chi connectivity index (χ2v) is 2.64. The maximum absolute atomic E-state index is 11.0. The van der Waals surface area contributed by atoms with Crippen LogP contribution >= 0.6 is 12.4 Å². The molecule has 0 spiro atoms. The molecule has 0 aliphatic rings. The summed E-state index contributed by atoms with van der Waals surface area (Å²) < 4.78 is 4.74. The van der Waals surface area contributed by atoms with Gasteiger partial charge in [-0.1, -0.05) is 6.42 Å². The lowest BCUT2D eigenvalue weighted by Crippen LogP contribution is -2.32. The number of hydrogen-bond acceptors (Lipinski definition) is 4. The molecule has 0 aliphatic carbocycles. The van der Waals surface area contributed by atoms with Crippen LogP contribution in [0.25, 0.3) is 0 Å². The quantitative estimate of drug-likeness (QED) is 0.492. The fraction of sp³-hybridized carbons (Fsp3) is 0.875. The maximum atomic E-state index is 11.0. The van der Waals surface area contributed by atoms with Crippen LogP contribution in [0.2, 0.25) is 0 Å². The SMILES string of the molecule is CCOC(=O)C(N)CCCCN.Cl. The van der Waals surface area contributed by atoms with Crippen LogP contribution in [0.5, 0.6) is 0 Å². The molecule has 0 aliphatic heterocycles. The Morgan fingerprint density at radius 1 is 1.46 bits per heavy atom. The molecule has 4 nitrogen and oxygen atoms in total. The van der Waals surface area contributed by atoms with Gasteiger partial charge >= 0.3 is 5.97 Å². The Kier molecular flexibility index (Phi) is 11.4. The van der Waals surface area contributed by atoms with Crippen molar-refractivity contribution in [1.29, 1.82) is 0 Å². The number of unbranched alkanes of at least 4 members (excludes halogenated alkanes) is 1. The molecule has 80 valence electrons. The van der Waals surface area contributed by atoms with E-state index in [0.29, 0.717) is 19.6 Å². The molecule has 5 heteroatoms. The predicted octanol–water partition coefficient (Wildman–Crippen LogP) is 0.428. The van der Waals surface area contributed by atoms with E-state index in [4.69, 9.17) is 16.2 Å². The van der Waals surface area contributed by atoms with Crippen molar-refractivity contribution in [3.63, 3.8) is 0 Å². The van der Waals surface area contributed by atoms with Crippen molar-refractivity contribution in [1.82, 2.24) is 0 Å². The van der Waals surface area contributed by atoms with Crippen molar-refractivity contribution in [3.8, 4) is 0 Å². The summed E-state index contributed by atoms with van der Waals surface area (Å²) >= 11 is 0. The van der Waals surface area contributed by atoms with Crippen molar-refractivity contribution in [2.24, 2.45) is 11.5 Å². The number of hydrogen-bond donors (Lipinski definition) is 2. The summed E-state index contributed by atoms with van der Waals surface area (Å²) in [6, 6.07) is -0.475. The third-order valence-corrected chi connectivity index (χ3v) is 1.56. The first-order chi connectivity index (χ1) is 5.72. The van der Waals surface area contributed by atoms with Crippen LogP contribution in [0.15, 0.2) is 0 Å². The van der Waals surface area contributed by atoms with Gasteiger partial charge in [0, 0.05) is 0 Å². The normalized spacial score (nSPS) is 11.6. The number of esters is 1. The van der Waals surface area contributed by atoms with E-state index in [1.165, 1.54) is 0 Å². The molecule has 0 radical (unpaired) electrons. The fourth-order valence-electron chi connectivity index (χ4n) is 0.876. The maximum Gasteiger partial charge on any atom is 0.322 e. The lowest BCUT2D eigenvalue weighted by molar-refractivity contribution is -0.144. The van der Waals surface area contributed by atoms with E-state index in [1.807, 2.05) is 0 Å². The summed E-state index contributed by atoms with van der Waals surface area (Å²) in [5.74, 6) is -0.311. The third-order valence-electron chi connectivity index (χ3n) is 1.56. The van der Waals surface area contributed by atoms with Crippen molar-refractivity contribution in [2.75, 3.05) is 13.2 Å². The molecular formula is C8H19ClN2O2. The molecule has 4 N–H and O–H groups in total. The van der Waals surface area contributed by atoms with Gasteiger partial charge in [-0.2, -0.15) is 0 Å². The molecule has 0 aromatic carbocycles. The summed E-state index contributed by atoms with van der Waals surface area (Å²) in [5.41, 5.74) is 10.8. The average molecular weight is 211 g/mol. The molecule has 13 heavy (non-hydrogen) atoms. The number of halogens is 1. The Balaban J connectivity index is 0. The van der Waals surface area contributed by atoms with E-state index in [0.717, 1.165) is 12.8 Å². The third kappa shape index (κ3) is 8.02. The highest BCUT2D eigenvalue weighted by Gasteiger charge is 2.12. The second kappa shape index (κ2) is 9.77. The number of ether oxygens (including phenoxy) is 1. The highest BCUT2D eigenvalue weighted by atomic mass is 35.5. The smallest absolute Gasteiger partial charge is 0.322 e. The van der Waals surface area contributed by atoms with Crippen molar-refractivity contribution in [2.45, 2.75) is 32.2 Å². The van der Waals surface area contributed by atoms with E-state index in [2.05, 4.69) is 0 Å². The Morgan fingerprint density at radius 3 is 2.54 bits per heavy atom. The minimum Gasteiger partial charge on any atom is -0.465 e. The minimum absolute atomic E-state index is 0. The van der Waals surface area contributed by atoms with E-state index < -0.39 is 6.04 Å². The van der Waals surface area contributed by atoms with Gasteiger partial charge < -0.3 is 16.2 Å². The van der Waals surface area contributed by atoms with Gasteiger partial charge in [-0.15, -0.1) is 12.4 Å². The van der Waals surface area contributed by atoms with E-state index in [1.54, 1.807) is 6.92 Å². The summed E-state index contributed by atoms with van der Waals surface area (Å²) in [4.78, 5) is 11.0. The molecule has 0 saturated heterocycles. The van der Waals surface area contributed by atoms with Gasteiger partial charge in [0.25, 0.3) is 0 Å². The van der Waals surface area contributed by atoms with E-state index >= 15 is 0 Å². The molecule has 0 rings (SSSR count). The second-order valence-electron chi connectivity index (χ2n) is 2.64. The molecule has 0 aromatic rings. The predicted molar refractivity (Wildman–Crippen MR) is 54.8 cm³/mol. The molecule has 0 bridgehead atoms. The average Bonchev–Trinajstić information content (AvgIpc) is 2.05. The standard InChI is InChI=1S/C8H18N2O2.ClH/c1-2-12-8(11)7(10)5-3-4-6-9;/h7H,2-6,9-10H2,1H3;1H. The summed E-state index contributed by atoms with van der Waals surface area (Å²) in [5, 5.41) is 0. The number of rotatable bonds is 6. The fourth-order valence-corrected chi connectivity index (χ4v) is 0.876. The summed E-state index contributed by atoms with van der Waals surface area (Å²) in [6.45, 7) is 2.81. The highest BCUT2D eigenvalue weighted by molar-refractivity contribution is 5.85. The van der Waals surface area contributed by atoms with Gasteiger partial charge in [-0.05, 0) is 26.3 Å². The summed E-state index contributed by atoms with van der Waals surface area (Å²) in [7, 11) is 0. The zero-order chi connectivity index (χ0) is 9.40. The first-order valence-electron chi connectivity index (χ1n) is 4.34. The van der Waals surface area contributed by atoms with Gasteiger partial charge in [0.1, 0.15) is 6.04 Å². The zero-order valence-electron chi connectivity index (χ0n) is 7.99. The molecule has 0 amide bonds. The molecule has 1 atom stereocenters. The van der Waals surface area contributed by atoms with Crippen molar-refractivity contribution < 1.29 is 9.53 Å². The summed E-state index contributed by atoms with van der Waals surface area (Å²) in [6.07, 6.45) is 2.46. The minimum atomic E-state index is -0.475. The van der Waals surface area contributed by atoms with Crippen LogP contribution in [0.4, 0.5) is 0 Å². The highest BCUT2D eigenvalue weighted by Crippen LogP contribution is 1.99. The Morgan fingerprint density at radius 2 is 2.08 bits per heavy atom. The number of carbonyl (C=O) groups excluding carboxylic acids is 1. The van der Waals surface area contributed by atoms with Crippen molar-refractivity contribution >= 4 is 18.4 Å². The zero-order valence-corrected chi connectivity index (χ0v) is 8.81. The Bertz CT molecular complexity index is 133. The van der Waals surface area contributed by atoms with Gasteiger partial charge in [0.2, 0.25) is 0 Å². The monoisotopic (exact) mass is 210 g/mol. The molecule has 0 fully saturated rings. The van der Waals surface area contributed by atoms with Gasteiger partial charge in [-0.3, -0.25) is 4.79 Å². The molecule has 1 unspecified atom stereocenters. The van der Waals surface area contributed by atoms with Crippen LogP contribution < -0.4 is 11.5 Å². The van der Waals surface area contributed by atoms with Crippen LogP contribution in [-0.2, 0) is 9.53 Å². The number of nitrogens with two attached hydrogens (primary N) is 2. The van der Waals surface area contributed by atoms with Crippen LogP contribution in [0.3, 0.4) is 0 Å². The van der Waals surface area contributed by atoms with Crippen LogP contribution in [0, 0.1) is 0 Å². The van der Waals surface area contributed by atoms with Gasteiger partial charge in [0.15, 0.2) is 0 Å². The van der Waals surface area contributed by atoms with Crippen LogP contribution in [0.1, 0.15) is 26.2 Å². The first kappa shape index (κ1) is 15.2. The van der Waals surface area contributed by atoms with E-state index in [9.17, 15) is 4.79 Å². The molecule has 0 aromatic heterocycles. The molecular weight excluding hydrogens is 192 g/mol. The molecule has 0 saturated carbocycles. The Hall–Kier alpha value is -0.320. The van der Waals surface area contributed by atoms with Crippen LogP contribution in [-0.4, -0.2) is 25.2 Å².